The van der Waals surface area contributed by atoms with E-state index in [2.05, 4.69) is 21.1 Å². The van der Waals surface area contributed by atoms with Gasteiger partial charge in [0.25, 0.3) is 0 Å². The lowest BCUT2D eigenvalue weighted by molar-refractivity contribution is -0.870. The average molecular weight is 252 g/mol. The first kappa shape index (κ1) is 18.2. The molecule has 3 N–H and O–H groups in total. The van der Waals surface area contributed by atoms with Gasteiger partial charge in [0, 0.05) is 0 Å². The van der Waals surface area contributed by atoms with Crippen LogP contribution in [0.25, 0.3) is 0 Å². The largest absolute Gasteiger partial charge is 0.547 e. The zero-order valence-electron chi connectivity index (χ0n) is 9.99. The number of hydrogen-bond donors (Lipinski definition) is 3. The Balaban J connectivity index is 0. The Kier molecular flexibility index (Phi) is 8.50. The van der Waals surface area contributed by atoms with E-state index < -0.39 is 24.1 Å². The van der Waals surface area contributed by atoms with Gasteiger partial charge < -0.3 is 39.6 Å². The number of carboxylic acids is 2. The molecule has 0 saturated heterocycles. The molecule has 0 aliphatic rings. The van der Waals surface area contributed by atoms with Crippen LogP contribution >= 0.6 is 0 Å². The first-order valence-electron chi connectivity index (χ1n) is 4.72. The molecule has 0 rings (SSSR count). The van der Waals surface area contributed by atoms with Crippen molar-refractivity contribution in [1.29, 1.82) is 0 Å². The molecule has 0 aromatic carbocycles. The Labute approximate surface area is 98.9 Å². The first-order chi connectivity index (χ1) is 7.52. The molecule has 0 aromatic heterocycles. The lowest BCUT2D eigenvalue weighted by Gasteiger charge is -2.21. The summed E-state index contributed by atoms with van der Waals surface area (Å²) in [4.78, 5) is 19.3. The van der Waals surface area contributed by atoms with Gasteiger partial charge in [0.05, 0.1) is 39.7 Å². The molecule has 0 amide bonds. The number of carboxylic acid groups (broad SMARTS) is 2. The summed E-state index contributed by atoms with van der Waals surface area (Å²) in [5, 5.41) is 44.1. The van der Waals surface area contributed by atoms with Gasteiger partial charge in [-0.05, 0) is 0 Å². The van der Waals surface area contributed by atoms with Crippen molar-refractivity contribution in [2.45, 2.75) is 12.2 Å². The molecule has 0 aliphatic heterocycles. The second-order valence-corrected chi connectivity index (χ2v) is 4.27. The minimum Gasteiger partial charge on any atom is -0.547 e. The topological polar surface area (TPSA) is 141 Å². The lowest BCUT2D eigenvalue weighted by Crippen LogP contribution is -2.51. The van der Waals surface area contributed by atoms with E-state index in [0.29, 0.717) is 0 Å². The standard InChI is InChI=1S/C5H14NO.C4H6O6/c1-6(2,3)4-5-7;5-1(3(7)8)2(6)4(9)10/h7H,4-5H2,1-3H3;1-2,5-6H,(H,7,8)(H,9,10)/q+1;/p-2. The zero-order valence-corrected chi connectivity index (χ0v) is 9.99. The minimum atomic E-state index is -2.44. The van der Waals surface area contributed by atoms with E-state index in [4.69, 9.17) is 15.3 Å². The van der Waals surface area contributed by atoms with Crippen LogP contribution in [0, 0.1) is 0 Å². The highest BCUT2D eigenvalue weighted by molar-refractivity contribution is 5.80. The summed E-state index contributed by atoms with van der Waals surface area (Å²) >= 11 is 0. The molecule has 0 aromatic rings. The summed E-state index contributed by atoms with van der Waals surface area (Å²) in [6.45, 7) is 1.11. The predicted molar refractivity (Wildman–Crippen MR) is 52.0 cm³/mol. The second-order valence-electron chi connectivity index (χ2n) is 4.27. The molecule has 0 aliphatic carbocycles. The van der Waals surface area contributed by atoms with Crippen molar-refractivity contribution in [2.75, 3.05) is 34.3 Å². The number of aliphatic carboxylic acids is 2. The quantitative estimate of drug-likeness (QED) is 0.415. The molecule has 2 unspecified atom stereocenters. The summed E-state index contributed by atoms with van der Waals surface area (Å²) in [5.74, 6) is -4.12. The molecule has 2 atom stereocenters. The fraction of sp³-hybridized carbons (Fsp3) is 0.778. The van der Waals surface area contributed by atoms with Gasteiger partial charge in [-0.25, -0.2) is 0 Å². The van der Waals surface area contributed by atoms with E-state index in [1.165, 1.54) is 0 Å². The monoisotopic (exact) mass is 252 g/mol. The predicted octanol–water partition coefficient (Wildman–Crippen LogP) is -5.11. The Morgan fingerprint density at radius 2 is 1.35 bits per heavy atom. The van der Waals surface area contributed by atoms with Crippen molar-refractivity contribution in [3.05, 3.63) is 0 Å². The molecule has 0 heterocycles. The van der Waals surface area contributed by atoms with Crippen LogP contribution in [0.15, 0.2) is 0 Å². The number of carbonyl (C=O) groups excluding carboxylic acids is 2. The molecule has 17 heavy (non-hydrogen) atoms. The molecule has 102 valence electrons. The Morgan fingerprint density at radius 3 is 1.41 bits per heavy atom. The molecule has 0 bridgehead atoms. The maximum atomic E-state index is 9.63. The third kappa shape index (κ3) is 11.1. The van der Waals surface area contributed by atoms with Crippen molar-refractivity contribution in [3.8, 4) is 0 Å². The van der Waals surface area contributed by atoms with Crippen molar-refractivity contribution >= 4 is 11.9 Å². The normalized spacial score (nSPS) is 14.2. The van der Waals surface area contributed by atoms with Crippen molar-refractivity contribution in [3.63, 3.8) is 0 Å². The van der Waals surface area contributed by atoms with E-state index in [9.17, 15) is 19.8 Å². The third-order valence-electron chi connectivity index (χ3n) is 1.55. The van der Waals surface area contributed by atoms with E-state index in [1.807, 2.05) is 0 Å². The number of likely N-dealkylation sites (N-methyl/N-ethyl adjacent to an activating group) is 1. The molecule has 0 fully saturated rings. The number of hydrogen-bond acceptors (Lipinski definition) is 7. The van der Waals surface area contributed by atoms with Crippen molar-refractivity contribution in [1.82, 2.24) is 0 Å². The molecule has 0 spiro atoms. The van der Waals surface area contributed by atoms with Gasteiger partial charge in [-0.1, -0.05) is 0 Å². The van der Waals surface area contributed by atoms with Gasteiger partial charge in [-0.3, -0.25) is 0 Å². The van der Waals surface area contributed by atoms with Crippen LogP contribution in [0.1, 0.15) is 0 Å². The Bertz CT molecular complexity index is 230. The highest BCUT2D eigenvalue weighted by Gasteiger charge is 2.17. The third-order valence-corrected chi connectivity index (χ3v) is 1.55. The van der Waals surface area contributed by atoms with Gasteiger partial charge in [0.15, 0.2) is 0 Å². The van der Waals surface area contributed by atoms with Crippen LogP contribution in [0.5, 0.6) is 0 Å². The Hall–Kier alpha value is -1.22. The van der Waals surface area contributed by atoms with Gasteiger partial charge in [-0.2, -0.15) is 0 Å². The lowest BCUT2D eigenvalue weighted by atomic mass is 10.2. The summed E-state index contributed by atoms with van der Waals surface area (Å²) in [7, 11) is 6.16. The fourth-order valence-electron chi connectivity index (χ4n) is 0.558. The Morgan fingerprint density at radius 1 is 1.06 bits per heavy atom. The van der Waals surface area contributed by atoms with Gasteiger partial charge in [0.1, 0.15) is 18.8 Å². The summed E-state index contributed by atoms with van der Waals surface area (Å²) in [6.07, 6.45) is -4.88. The van der Waals surface area contributed by atoms with Gasteiger partial charge in [-0.15, -0.1) is 0 Å². The molecule has 0 radical (unpaired) electrons. The average Bonchev–Trinajstić information content (AvgIpc) is 2.14. The maximum Gasteiger partial charge on any atom is 0.124 e. The van der Waals surface area contributed by atoms with Crippen LogP contribution in [0.3, 0.4) is 0 Å². The molecule has 8 nitrogen and oxygen atoms in total. The van der Waals surface area contributed by atoms with Crippen LogP contribution in [-0.4, -0.2) is 78.2 Å². The minimum absolute atomic E-state index is 0.281. The summed E-state index contributed by atoms with van der Waals surface area (Å²) in [5.41, 5.74) is 0. The van der Waals surface area contributed by atoms with Crippen LogP contribution in [0.2, 0.25) is 0 Å². The number of nitrogens with zero attached hydrogens (tertiary/aromatic N) is 1. The van der Waals surface area contributed by atoms with Gasteiger partial charge in [0.2, 0.25) is 0 Å². The highest BCUT2D eigenvalue weighted by atomic mass is 16.4. The molecular weight excluding hydrogens is 234 g/mol. The zero-order chi connectivity index (χ0) is 14.2. The number of aliphatic hydroxyl groups is 3. The van der Waals surface area contributed by atoms with E-state index in [1.54, 1.807) is 0 Å². The van der Waals surface area contributed by atoms with Crippen molar-refractivity contribution < 1.29 is 39.6 Å². The van der Waals surface area contributed by atoms with Crippen LogP contribution < -0.4 is 10.2 Å². The van der Waals surface area contributed by atoms with Crippen LogP contribution in [-0.2, 0) is 9.59 Å². The molecular formula is C9H18NO7-. The second kappa shape index (κ2) is 7.96. The van der Waals surface area contributed by atoms with Crippen molar-refractivity contribution in [2.24, 2.45) is 0 Å². The number of rotatable bonds is 5. The fourth-order valence-corrected chi connectivity index (χ4v) is 0.558. The number of aliphatic hydroxyl groups excluding tert-OH is 3. The van der Waals surface area contributed by atoms with Crippen LogP contribution in [0.4, 0.5) is 0 Å². The smallest absolute Gasteiger partial charge is 0.124 e. The molecule has 8 heteroatoms. The maximum absolute atomic E-state index is 9.63. The highest BCUT2D eigenvalue weighted by Crippen LogP contribution is 1.89. The van der Waals surface area contributed by atoms with Gasteiger partial charge >= 0.3 is 0 Å². The van der Waals surface area contributed by atoms with E-state index in [-0.39, 0.29) is 6.61 Å². The molecule has 0 saturated carbocycles. The summed E-state index contributed by atoms with van der Waals surface area (Å²) in [6, 6.07) is 0. The first-order valence-corrected chi connectivity index (χ1v) is 4.72. The SMILES string of the molecule is C[N+](C)(C)CCO.O=C([O-])C(O)C(O)C(=O)[O-]. The number of carbonyl (C=O) groups is 2. The number of quaternary nitrogens is 1. The van der Waals surface area contributed by atoms with E-state index in [0.717, 1.165) is 11.0 Å². The summed E-state index contributed by atoms with van der Waals surface area (Å²) < 4.78 is 0.844. The van der Waals surface area contributed by atoms with E-state index >= 15 is 0 Å².